The number of ether oxygens (including phenoxy) is 1. The van der Waals surface area contributed by atoms with E-state index in [2.05, 4.69) is 6.58 Å². The Morgan fingerprint density at radius 3 is 2.44 bits per heavy atom. The fourth-order valence-corrected chi connectivity index (χ4v) is 1.36. The molecular formula is C16H20O2. The van der Waals surface area contributed by atoms with Gasteiger partial charge in [-0.1, -0.05) is 49.1 Å². The molecule has 0 bridgehead atoms. The van der Waals surface area contributed by atoms with Gasteiger partial charge in [-0.25, -0.2) is 4.79 Å². The van der Waals surface area contributed by atoms with Crippen LogP contribution in [0.25, 0.3) is 0 Å². The lowest BCUT2D eigenvalue weighted by Gasteiger charge is -2.19. The van der Waals surface area contributed by atoms with Crippen LogP contribution >= 0.6 is 0 Å². The first-order valence-corrected chi connectivity index (χ1v) is 6.01. The highest BCUT2D eigenvalue weighted by Gasteiger charge is 2.16. The van der Waals surface area contributed by atoms with E-state index >= 15 is 0 Å². The first-order valence-electron chi connectivity index (χ1n) is 6.01. The van der Waals surface area contributed by atoms with Crippen molar-refractivity contribution in [2.45, 2.75) is 32.8 Å². The Morgan fingerprint density at radius 2 is 1.89 bits per heavy atom. The van der Waals surface area contributed by atoms with Crippen molar-refractivity contribution in [2.75, 3.05) is 0 Å². The second kappa shape index (κ2) is 6.20. The average Bonchev–Trinajstić information content (AvgIpc) is 2.28. The summed E-state index contributed by atoms with van der Waals surface area (Å²) in [5.74, 6) is -0.369. The molecular weight excluding hydrogens is 224 g/mol. The highest BCUT2D eigenvalue weighted by molar-refractivity contribution is 5.91. The summed E-state index contributed by atoms with van der Waals surface area (Å²) in [4.78, 5) is 11.6. The van der Waals surface area contributed by atoms with Gasteiger partial charge in [-0.15, -0.1) is 0 Å². The van der Waals surface area contributed by atoms with E-state index in [1.165, 1.54) is 5.56 Å². The number of hydrogen-bond acceptors (Lipinski definition) is 2. The summed E-state index contributed by atoms with van der Waals surface area (Å²) in [5.41, 5.74) is 1.10. The maximum atomic E-state index is 11.6. The van der Waals surface area contributed by atoms with Crippen LogP contribution in [0.4, 0.5) is 0 Å². The first-order chi connectivity index (χ1) is 8.38. The fourth-order valence-electron chi connectivity index (χ4n) is 1.36. The minimum absolute atomic E-state index is 0.369. The van der Waals surface area contributed by atoms with Gasteiger partial charge in [0.05, 0.1) is 5.57 Å². The molecule has 1 aromatic rings. The molecule has 0 N–H and O–H groups in total. The quantitative estimate of drug-likeness (QED) is 0.459. The van der Waals surface area contributed by atoms with Crippen molar-refractivity contribution >= 4 is 5.97 Å². The van der Waals surface area contributed by atoms with E-state index in [-0.39, 0.29) is 5.97 Å². The van der Waals surface area contributed by atoms with Crippen LogP contribution in [-0.2, 0) is 16.0 Å². The maximum absolute atomic E-state index is 11.6. The van der Waals surface area contributed by atoms with Crippen LogP contribution in [0.5, 0.6) is 0 Å². The topological polar surface area (TPSA) is 26.3 Å². The zero-order chi connectivity index (χ0) is 13.6. The average molecular weight is 244 g/mol. The number of allylic oxidation sites excluding steroid dienone is 1. The molecule has 0 aliphatic carbocycles. The van der Waals surface area contributed by atoms with Gasteiger partial charge in [-0.2, -0.15) is 0 Å². The van der Waals surface area contributed by atoms with Crippen LogP contribution in [0.2, 0.25) is 0 Å². The number of benzene rings is 1. The predicted octanol–water partition coefficient (Wildman–Crippen LogP) is 3.68. The molecule has 0 saturated carbocycles. The minimum Gasteiger partial charge on any atom is -0.456 e. The van der Waals surface area contributed by atoms with Crippen LogP contribution < -0.4 is 0 Å². The molecule has 0 fully saturated rings. The summed E-state index contributed by atoms with van der Waals surface area (Å²) >= 11 is 0. The Labute approximate surface area is 109 Å². The first kappa shape index (κ1) is 14.2. The highest BCUT2D eigenvalue weighted by atomic mass is 16.6. The molecule has 18 heavy (non-hydrogen) atoms. The minimum atomic E-state index is -0.479. The molecule has 0 aromatic heterocycles. The zero-order valence-corrected chi connectivity index (χ0v) is 11.3. The van der Waals surface area contributed by atoms with Crippen molar-refractivity contribution in [3.05, 3.63) is 60.2 Å². The molecule has 0 spiro atoms. The molecule has 1 rings (SSSR count). The van der Waals surface area contributed by atoms with Crippen LogP contribution in [0, 0.1) is 0 Å². The lowest BCUT2D eigenvalue weighted by Crippen LogP contribution is -2.24. The zero-order valence-electron chi connectivity index (χ0n) is 11.3. The van der Waals surface area contributed by atoms with Gasteiger partial charge in [0.15, 0.2) is 0 Å². The van der Waals surface area contributed by atoms with E-state index in [9.17, 15) is 4.79 Å². The lowest BCUT2D eigenvalue weighted by molar-refractivity contribution is -0.149. The standard InChI is InChI=1S/C16H20O2/c1-13(15(17)18-16(2,3)4)9-8-12-14-10-6-5-7-11-14/h5-11H,1,12H2,2-4H3. The third-order valence-corrected chi connectivity index (χ3v) is 2.18. The van der Waals surface area contributed by atoms with Crippen LogP contribution in [0.1, 0.15) is 26.3 Å². The molecule has 0 saturated heterocycles. The van der Waals surface area contributed by atoms with Gasteiger partial charge in [0.25, 0.3) is 0 Å². The Morgan fingerprint density at radius 1 is 1.28 bits per heavy atom. The molecule has 0 radical (unpaired) electrons. The maximum Gasteiger partial charge on any atom is 0.338 e. The fraction of sp³-hybridized carbons (Fsp3) is 0.312. The highest BCUT2D eigenvalue weighted by Crippen LogP contribution is 2.11. The molecule has 96 valence electrons. The SMILES string of the molecule is C=C(C=CCc1ccccc1)C(=O)OC(C)(C)C. The van der Waals surface area contributed by atoms with E-state index in [4.69, 9.17) is 4.74 Å². The van der Waals surface area contributed by atoms with Crippen molar-refractivity contribution in [3.8, 4) is 0 Å². The van der Waals surface area contributed by atoms with Gasteiger partial charge in [0, 0.05) is 0 Å². The van der Waals surface area contributed by atoms with Crippen molar-refractivity contribution in [1.29, 1.82) is 0 Å². The third-order valence-electron chi connectivity index (χ3n) is 2.18. The summed E-state index contributed by atoms with van der Waals surface area (Å²) in [7, 11) is 0. The van der Waals surface area contributed by atoms with Gasteiger partial charge in [-0.05, 0) is 32.8 Å². The van der Waals surface area contributed by atoms with Crippen molar-refractivity contribution in [3.63, 3.8) is 0 Å². The summed E-state index contributed by atoms with van der Waals surface area (Å²) in [6, 6.07) is 10.0. The van der Waals surface area contributed by atoms with Gasteiger partial charge < -0.3 is 4.74 Å². The summed E-state index contributed by atoms with van der Waals surface area (Å²) < 4.78 is 5.21. The summed E-state index contributed by atoms with van der Waals surface area (Å²) in [6.45, 7) is 9.23. The molecule has 2 heteroatoms. The number of esters is 1. The number of rotatable bonds is 4. The number of hydrogen-bond donors (Lipinski definition) is 0. The van der Waals surface area contributed by atoms with Crippen molar-refractivity contribution in [1.82, 2.24) is 0 Å². The van der Waals surface area contributed by atoms with E-state index in [1.807, 2.05) is 57.2 Å². The Bertz CT molecular complexity index is 436. The van der Waals surface area contributed by atoms with E-state index in [1.54, 1.807) is 6.08 Å². The smallest absolute Gasteiger partial charge is 0.338 e. The second-order valence-electron chi connectivity index (χ2n) is 5.12. The molecule has 0 heterocycles. The summed E-state index contributed by atoms with van der Waals surface area (Å²) in [5, 5.41) is 0. The molecule has 0 atom stereocenters. The van der Waals surface area contributed by atoms with Gasteiger partial charge in [-0.3, -0.25) is 0 Å². The van der Waals surface area contributed by atoms with Gasteiger partial charge in [0.2, 0.25) is 0 Å². The number of carbonyl (C=O) groups excluding carboxylic acids is 1. The Kier molecular flexibility index (Phi) is 4.90. The van der Waals surface area contributed by atoms with Crippen molar-refractivity contribution in [2.24, 2.45) is 0 Å². The second-order valence-corrected chi connectivity index (χ2v) is 5.12. The Hall–Kier alpha value is -1.83. The van der Waals surface area contributed by atoms with Gasteiger partial charge >= 0.3 is 5.97 Å². The van der Waals surface area contributed by atoms with Crippen LogP contribution in [0.15, 0.2) is 54.6 Å². The largest absolute Gasteiger partial charge is 0.456 e. The lowest BCUT2D eigenvalue weighted by atomic mass is 10.1. The van der Waals surface area contributed by atoms with Crippen LogP contribution in [-0.4, -0.2) is 11.6 Å². The molecule has 0 unspecified atom stereocenters. The van der Waals surface area contributed by atoms with E-state index < -0.39 is 5.60 Å². The molecule has 1 aromatic carbocycles. The van der Waals surface area contributed by atoms with Crippen molar-refractivity contribution < 1.29 is 9.53 Å². The molecule has 0 aliphatic rings. The number of carbonyl (C=O) groups is 1. The molecule has 2 nitrogen and oxygen atoms in total. The van der Waals surface area contributed by atoms with E-state index in [0.717, 1.165) is 6.42 Å². The normalized spacial score (nSPS) is 11.5. The van der Waals surface area contributed by atoms with Crippen LogP contribution in [0.3, 0.4) is 0 Å². The van der Waals surface area contributed by atoms with Gasteiger partial charge in [0.1, 0.15) is 5.60 Å². The Balaban J connectivity index is 2.48. The molecule has 0 amide bonds. The molecule has 0 aliphatic heterocycles. The van der Waals surface area contributed by atoms with E-state index in [0.29, 0.717) is 5.57 Å². The third kappa shape index (κ3) is 5.48. The predicted molar refractivity (Wildman–Crippen MR) is 74.3 cm³/mol. The summed E-state index contributed by atoms with van der Waals surface area (Å²) in [6.07, 6.45) is 4.41. The monoisotopic (exact) mass is 244 g/mol.